The Hall–Kier alpha value is -1.06. The molecule has 3 heterocycles. The van der Waals surface area contributed by atoms with E-state index in [4.69, 9.17) is 4.74 Å². The van der Waals surface area contributed by atoms with E-state index in [0.717, 1.165) is 44.7 Å². The van der Waals surface area contributed by atoms with Crippen molar-refractivity contribution in [2.45, 2.75) is 18.9 Å². The summed E-state index contributed by atoms with van der Waals surface area (Å²) in [6, 6.07) is 6.86. The van der Waals surface area contributed by atoms with Crippen molar-refractivity contribution >= 4 is 5.69 Å². The van der Waals surface area contributed by atoms with Crippen LogP contribution >= 0.6 is 0 Å². The topological polar surface area (TPSA) is 24.5 Å². The van der Waals surface area contributed by atoms with Gasteiger partial charge in [-0.3, -0.25) is 0 Å². The van der Waals surface area contributed by atoms with Crippen LogP contribution in [0.15, 0.2) is 18.2 Å². The highest BCUT2D eigenvalue weighted by Crippen LogP contribution is 2.43. The van der Waals surface area contributed by atoms with Crippen molar-refractivity contribution < 1.29 is 4.74 Å². The minimum Gasteiger partial charge on any atom is -0.381 e. The summed E-state index contributed by atoms with van der Waals surface area (Å²) < 4.78 is 5.40. The van der Waals surface area contributed by atoms with Crippen LogP contribution in [0, 0.1) is 5.92 Å². The molecule has 1 N–H and O–H groups in total. The lowest BCUT2D eigenvalue weighted by Gasteiger charge is -2.42. The second-order valence-electron chi connectivity index (χ2n) is 5.71. The summed E-state index contributed by atoms with van der Waals surface area (Å²) >= 11 is 0. The molecule has 18 heavy (non-hydrogen) atoms. The molecule has 0 bridgehead atoms. The number of anilines is 1. The lowest BCUT2D eigenvalue weighted by atomic mass is 9.78. The largest absolute Gasteiger partial charge is 0.381 e. The highest BCUT2D eigenvalue weighted by molar-refractivity contribution is 5.63. The fraction of sp³-hybridized carbons (Fsp3) is 0.600. The summed E-state index contributed by atoms with van der Waals surface area (Å²) in [5, 5.41) is 3.53. The van der Waals surface area contributed by atoms with Crippen molar-refractivity contribution in [3.05, 3.63) is 29.3 Å². The quantitative estimate of drug-likeness (QED) is 0.814. The van der Waals surface area contributed by atoms with Crippen molar-refractivity contribution in [2.24, 2.45) is 5.92 Å². The number of rotatable bonds is 1. The standard InChI is InChI=1S/C15H20N2O/c1-2-11-8-16-5-7-17-6-4-13(12-9-18-10-12)14(3-1)15(11)17/h1-3,12-13,16H,4-10H2/t13-/m0/s1. The predicted octanol–water partition coefficient (Wildman–Crippen LogP) is 1.73. The number of nitrogens with zero attached hydrogens (tertiary/aromatic N) is 1. The van der Waals surface area contributed by atoms with Crippen molar-refractivity contribution in [2.75, 3.05) is 37.7 Å². The fourth-order valence-electron chi connectivity index (χ4n) is 3.64. The first-order chi connectivity index (χ1) is 8.93. The van der Waals surface area contributed by atoms with Crippen molar-refractivity contribution in [3.63, 3.8) is 0 Å². The zero-order valence-electron chi connectivity index (χ0n) is 10.7. The number of hydrogen-bond acceptors (Lipinski definition) is 3. The Bertz CT molecular complexity index is 456. The zero-order chi connectivity index (χ0) is 11.9. The molecule has 0 radical (unpaired) electrons. The maximum Gasteiger partial charge on any atom is 0.0522 e. The molecule has 1 atom stereocenters. The molecule has 3 heteroatoms. The summed E-state index contributed by atoms with van der Waals surface area (Å²) in [6.07, 6.45) is 1.30. The van der Waals surface area contributed by atoms with Gasteiger partial charge in [-0.15, -0.1) is 0 Å². The number of para-hydroxylation sites is 1. The van der Waals surface area contributed by atoms with Crippen LogP contribution in [-0.4, -0.2) is 32.8 Å². The van der Waals surface area contributed by atoms with Crippen LogP contribution in [0.3, 0.4) is 0 Å². The molecule has 1 fully saturated rings. The third-order valence-corrected chi connectivity index (χ3v) is 4.68. The highest BCUT2D eigenvalue weighted by atomic mass is 16.5. The average molecular weight is 244 g/mol. The first-order valence-electron chi connectivity index (χ1n) is 7.08. The molecular formula is C15H20N2O. The van der Waals surface area contributed by atoms with Gasteiger partial charge in [0.1, 0.15) is 0 Å². The van der Waals surface area contributed by atoms with E-state index in [1.807, 2.05) is 0 Å². The minimum absolute atomic E-state index is 0.725. The molecule has 3 aliphatic heterocycles. The van der Waals surface area contributed by atoms with E-state index < -0.39 is 0 Å². The summed E-state index contributed by atoms with van der Waals surface area (Å²) in [4.78, 5) is 2.58. The van der Waals surface area contributed by atoms with Gasteiger partial charge < -0.3 is 15.0 Å². The third kappa shape index (κ3) is 1.57. The van der Waals surface area contributed by atoms with E-state index >= 15 is 0 Å². The maximum absolute atomic E-state index is 5.40. The molecule has 0 unspecified atom stereocenters. The van der Waals surface area contributed by atoms with Gasteiger partial charge in [0.15, 0.2) is 0 Å². The molecule has 0 amide bonds. The van der Waals surface area contributed by atoms with Gasteiger partial charge in [0, 0.05) is 37.8 Å². The van der Waals surface area contributed by atoms with Crippen LogP contribution in [-0.2, 0) is 11.3 Å². The zero-order valence-corrected chi connectivity index (χ0v) is 10.7. The molecule has 0 aromatic heterocycles. The maximum atomic E-state index is 5.40. The van der Waals surface area contributed by atoms with E-state index in [-0.39, 0.29) is 0 Å². The lowest BCUT2D eigenvalue weighted by Crippen LogP contribution is -2.40. The Labute approximate surface area is 108 Å². The van der Waals surface area contributed by atoms with E-state index in [0.29, 0.717) is 0 Å². The highest BCUT2D eigenvalue weighted by Gasteiger charge is 2.35. The van der Waals surface area contributed by atoms with Gasteiger partial charge in [-0.05, 0) is 23.5 Å². The average Bonchev–Trinajstić information content (AvgIpc) is 2.54. The van der Waals surface area contributed by atoms with Gasteiger partial charge in [0.2, 0.25) is 0 Å². The van der Waals surface area contributed by atoms with Crippen LogP contribution in [0.1, 0.15) is 23.5 Å². The number of hydrogen-bond donors (Lipinski definition) is 1. The monoisotopic (exact) mass is 244 g/mol. The Morgan fingerprint density at radius 2 is 2.17 bits per heavy atom. The molecule has 0 saturated carbocycles. The Morgan fingerprint density at radius 1 is 1.22 bits per heavy atom. The molecular weight excluding hydrogens is 224 g/mol. The van der Waals surface area contributed by atoms with Gasteiger partial charge in [-0.25, -0.2) is 0 Å². The molecule has 1 aromatic rings. The van der Waals surface area contributed by atoms with Gasteiger partial charge in [-0.2, -0.15) is 0 Å². The summed E-state index contributed by atoms with van der Waals surface area (Å²) in [5.41, 5.74) is 4.59. The van der Waals surface area contributed by atoms with E-state index in [9.17, 15) is 0 Å². The van der Waals surface area contributed by atoms with Crippen molar-refractivity contribution in [1.82, 2.24) is 5.32 Å². The summed E-state index contributed by atoms with van der Waals surface area (Å²) in [5.74, 6) is 1.48. The smallest absolute Gasteiger partial charge is 0.0522 e. The second kappa shape index (κ2) is 4.25. The summed E-state index contributed by atoms with van der Waals surface area (Å²) in [6.45, 7) is 6.42. The van der Waals surface area contributed by atoms with Crippen LogP contribution in [0.2, 0.25) is 0 Å². The number of benzene rings is 1. The van der Waals surface area contributed by atoms with Gasteiger partial charge in [0.25, 0.3) is 0 Å². The molecule has 1 saturated heterocycles. The molecule has 0 aliphatic carbocycles. The number of nitrogens with one attached hydrogen (secondary N) is 1. The first-order valence-corrected chi connectivity index (χ1v) is 7.08. The van der Waals surface area contributed by atoms with Crippen molar-refractivity contribution in [3.8, 4) is 0 Å². The SMILES string of the molecule is c1cc2c3c(c1)[C@H](C1COC1)CCN3CCNC2. The Balaban J connectivity index is 1.78. The fourth-order valence-corrected chi connectivity index (χ4v) is 3.64. The van der Waals surface area contributed by atoms with E-state index in [1.165, 1.54) is 24.2 Å². The van der Waals surface area contributed by atoms with Crippen molar-refractivity contribution in [1.29, 1.82) is 0 Å². The third-order valence-electron chi connectivity index (χ3n) is 4.68. The molecule has 4 rings (SSSR count). The molecule has 3 nitrogen and oxygen atoms in total. The lowest BCUT2D eigenvalue weighted by molar-refractivity contribution is -0.0464. The summed E-state index contributed by atoms with van der Waals surface area (Å²) in [7, 11) is 0. The van der Waals surface area contributed by atoms with Gasteiger partial charge in [-0.1, -0.05) is 18.2 Å². The molecule has 96 valence electrons. The van der Waals surface area contributed by atoms with Crippen LogP contribution in [0.25, 0.3) is 0 Å². The van der Waals surface area contributed by atoms with Crippen LogP contribution < -0.4 is 10.2 Å². The number of ether oxygens (including phenoxy) is 1. The van der Waals surface area contributed by atoms with Crippen LogP contribution in [0.5, 0.6) is 0 Å². The normalized spacial score (nSPS) is 27.3. The first kappa shape index (κ1) is 10.8. The van der Waals surface area contributed by atoms with E-state index in [1.54, 1.807) is 5.56 Å². The predicted molar refractivity (Wildman–Crippen MR) is 72.0 cm³/mol. The van der Waals surface area contributed by atoms with E-state index in [2.05, 4.69) is 28.4 Å². The molecule has 1 aromatic carbocycles. The second-order valence-corrected chi connectivity index (χ2v) is 5.71. The van der Waals surface area contributed by atoms with Gasteiger partial charge >= 0.3 is 0 Å². The Morgan fingerprint density at radius 3 is 3.00 bits per heavy atom. The molecule has 0 spiro atoms. The minimum atomic E-state index is 0.725. The molecule has 3 aliphatic rings. The van der Waals surface area contributed by atoms with Crippen LogP contribution in [0.4, 0.5) is 5.69 Å². The Kier molecular flexibility index (Phi) is 2.55. The van der Waals surface area contributed by atoms with Gasteiger partial charge in [0.05, 0.1) is 13.2 Å².